The summed E-state index contributed by atoms with van der Waals surface area (Å²) in [6.45, 7) is 0.246. The molecular weight excluding hydrogens is 362 g/mol. The first-order valence-electron chi connectivity index (χ1n) is 8.05. The Morgan fingerprint density at radius 3 is 2.52 bits per heavy atom. The standard InChI is InChI=1S/C18H16F2N2O5/c19-12-5-11(6-13(20)7-12)18(24)22-9-17(23)21-3-4-25-14-1-2-15-16(8-14)27-10-26-15/h1-2,5-8H,3-4,9-10H2,(H,21,23)(H,22,24). The van der Waals surface area contributed by atoms with Gasteiger partial charge in [-0.15, -0.1) is 0 Å². The predicted molar refractivity (Wildman–Crippen MR) is 89.8 cm³/mol. The summed E-state index contributed by atoms with van der Waals surface area (Å²) in [4.78, 5) is 23.5. The summed E-state index contributed by atoms with van der Waals surface area (Å²) in [5.41, 5.74) is -0.202. The van der Waals surface area contributed by atoms with Gasteiger partial charge in [0.1, 0.15) is 24.0 Å². The average molecular weight is 378 g/mol. The number of fused-ring (bicyclic) bond motifs is 1. The maximum Gasteiger partial charge on any atom is 0.251 e. The van der Waals surface area contributed by atoms with Crippen LogP contribution in [0.3, 0.4) is 0 Å². The second-order valence-corrected chi connectivity index (χ2v) is 5.55. The molecular formula is C18H16F2N2O5. The molecule has 0 aliphatic carbocycles. The maximum atomic E-state index is 13.1. The Morgan fingerprint density at radius 1 is 1.00 bits per heavy atom. The molecule has 0 saturated heterocycles. The molecule has 1 heterocycles. The zero-order valence-corrected chi connectivity index (χ0v) is 14.1. The number of benzene rings is 2. The fraction of sp³-hybridized carbons (Fsp3) is 0.222. The third-order valence-electron chi connectivity index (χ3n) is 3.57. The highest BCUT2D eigenvalue weighted by Gasteiger charge is 2.14. The Balaban J connectivity index is 1.36. The summed E-state index contributed by atoms with van der Waals surface area (Å²) in [6.07, 6.45) is 0. The van der Waals surface area contributed by atoms with Gasteiger partial charge in [0, 0.05) is 17.7 Å². The van der Waals surface area contributed by atoms with Crippen molar-refractivity contribution in [1.82, 2.24) is 10.6 Å². The normalized spacial score (nSPS) is 11.8. The fourth-order valence-electron chi connectivity index (χ4n) is 2.34. The van der Waals surface area contributed by atoms with Crippen molar-refractivity contribution in [3.8, 4) is 17.2 Å². The van der Waals surface area contributed by atoms with Gasteiger partial charge >= 0.3 is 0 Å². The molecule has 0 bridgehead atoms. The van der Waals surface area contributed by atoms with Gasteiger partial charge in [-0.25, -0.2) is 8.78 Å². The molecule has 0 radical (unpaired) electrons. The Hall–Kier alpha value is -3.36. The number of rotatable bonds is 7. The monoisotopic (exact) mass is 378 g/mol. The highest BCUT2D eigenvalue weighted by Crippen LogP contribution is 2.34. The molecule has 0 unspecified atom stereocenters. The van der Waals surface area contributed by atoms with Crippen LogP contribution in [0.4, 0.5) is 8.78 Å². The van der Waals surface area contributed by atoms with E-state index in [4.69, 9.17) is 14.2 Å². The quantitative estimate of drug-likeness (QED) is 0.715. The van der Waals surface area contributed by atoms with Crippen LogP contribution in [0.25, 0.3) is 0 Å². The second-order valence-electron chi connectivity index (χ2n) is 5.55. The lowest BCUT2D eigenvalue weighted by Crippen LogP contribution is -2.38. The number of ether oxygens (including phenoxy) is 3. The lowest BCUT2D eigenvalue weighted by Gasteiger charge is -2.09. The average Bonchev–Trinajstić information content (AvgIpc) is 3.10. The molecule has 2 N–H and O–H groups in total. The van der Waals surface area contributed by atoms with Gasteiger partial charge in [0.15, 0.2) is 11.5 Å². The molecule has 3 rings (SSSR count). The van der Waals surface area contributed by atoms with Gasteiger partial charge in [0.05, 0.1) is 13.1 Å². The Morgan fingerprint density at radius 2 is 1.74 bits per heavy atom. The molecule has 9 heteroatoms. The van der Waals surface area contributed by atoms with Gasteiger partial charge in [0.25, 0.3) is 5.91 Å². The predicted octanol–water partition coefficient (Wildman–Crippen LogP) is 1.62. The summed E-state index contributed by atoms with van der Waals surface area (Å²) in [5.74, 6) is -1.15. The van der Waals surface area contributed by atoms with Gasteiger partial charge < -0.3 is 24.8 Å². The molecule has 2 amide bonds. The van der Waals surface area contributed by atoms with E-state index >= 15 is 0 Å². The molecule has 0 atom stereocenters. The molecule has 0 spiro atoms. The molecule has 0 saturated carbocycles. The van der Waals surface area contributed by atoms with Crippen LogP contribution in [0.15, 0.2) is 36.4 Å². The van der Waals surface area contributed by atoms with Crippen LogP contribution in [0.5, 0.6) is 17.2 Å². The van der Waals surface area contributed by atoms with Crippen LogP contribution in [0.2, 0.25) is 0 Å². The van der Waals surface area contributed by atoms with Gasteiger partial charge in [-0.05, 0) is 24.3 Å². The maximum absolute atomic E-state index is 13.1. The zero-order valence-electron chi connectivity index (χ0n) is 14.1. The smallest absolute Gasteiger partial charge is 0.251 e. The van der Waals surface area contributed by atoms with Gasteiger partial charge in [-0.3, -0.25) is 9.59 Å². The first kappa shape index (κ1) is 18.4. The highest BCUT2D eigenvalue weighted by molar-refractivity contribution is 5.96. The number of carbonyl (C=O) groups excluding carboxylic acids is 2. The second kappa shape index (κ2) is 8.35. The van der Waals surface area contributed by atoms with Gasteiger partial charge in [-0.1, -0.05) is 0 Å². The van der Waals surface area contributed by atoms with Crippen molar-refractivity contribution in [3.05, 3.63) is 53.6 Å². The van der Waals surface area contributed by atoms with Crippen LogP contribution in [0.1, 0.15) is 10.4 Å². The molecule has 27 heavy (non-hydrogen) atoms. The summed E-state index contributed by atoms with van der Waals surface area (Å²) in [5, 5.41) is 4.84. The van der Waals surface area contributed by atoms with Crippen molar-refractivity contribution in [2.24, 2.45) is 0 Å². The Bertz CT molecular complexity index is 839. The summed E-state index contributed by atoms with van der Waals surface area (Å²) in [6, 6.07) is 7.55. The zero-order chi connectivity index (χ0) is 19.2. The van der Waals surface area contributed by atoms with E-state index in [1.165, 1.54) is 0 Å². The molecule has 142 valence electrons. The van der Waals surface area contributed by atoms with Crippen LogP contribution in [-0.4, -0.2) is 38.3 Å². The van der Waals surface area contributed by atoms with Crippen molar-refractivity contribution < 1.29 is 32.6 Å². The van der Waals surface area contributed by atoms with Crippen molar-refractivity contribution in [2.45, 2.75) is 0 Å². The number of carbonyl (C=O) groups is 2. The molecule has 1 aliphatic heterocycles. The third kappa shape index (κ3) is 5.06. The Kier molecular flexibility index (Phi) is 5.70. The van der Waals surface area contributed by atoms with E-state index in [0.29, 0.717) is 23.3 Å². The van der Waals surface area contributed by atoms with Gasteiger partial charge in [0.2, 0.25) is 12.7 Å². The molecule has 0 aromatic heterocycles. The minimum absolute atomic E-state index is 0.169. The van der Waals surface area contributed by atoms with Crippen molar-refractivity contribution in [2.75, 3.05) is 26.5 Å². The number of nitrogens with one attached hydrogen (secondary N) is 2. The number of amides is 2. The lowest BCUT2D eigenvalue weighted by atomic mass is 10.2. The molecule has 0 fully saturated rings. The third-order valence-corrected chi connectivity index (χ3v) is 3.57. The summed E-state index contributed by atoms with van der Waals surface area (Å²) in [7, 11) is 0. The first-order valence-corrected chi connectivity index (χ1v) is 8.05. The topological polar surface area (TPSA) is 85.9 Å². The number of hydrogen-bond donors (Lipinski definition) is 2. The van der Waals surface area contributed by atoms with Crippen LogP contribution in [-0.2, 0) is 4.79 Å². The largest absolute Gasteiger partial charge is 0.492 e. The van der Waals surface area contributed by atoms with E-state index in [9.17, 15) is 18.4 Å². The van der Waals surface area contributed by atoms with E-state index in [2.05, 4.69) is 10.6 Å². The summed E-state index contributed by atoms with van der Waals surface area (Å²) < 4.78 is 42.1. The van der Waals surface area contributed by atoms with Crippen LogP contribution < -0.4 is 24.8 Å². The van der Waals surface area contributed by atoms with Crippen molar-refractivity contribution in [3.63, 3.8) is 0 Å². The van der Waals surface area contributed by atoms with Crippen LogP contribution in [0, 0.1) is 11.6 Å². The molecule has 2 aromatic carbocycles. The van der Waals surface area contributed by atoms with E-state index < -0.39 is 23.4 Å². The molecule has 7 nitrogen and oxygen atoms in total. The minimum atomic E-state index is -0.870. The van der Waals surface area contributed by atoms with Crippen LogP contribution >= 0.6 is 0 Å². The van der Waals surface area contributed by atoms with E-state index in [-0.39, 0.29) is 32.1 Å². The highest BCUT2D eigenvalue weighted by atomic mass is 19.1. The minimum Gasteiger partial charge on any atom is -0.492 e. The Labute approximate surface area is 153 Å². The summed E-state index contributed by atoms with van der Waals surface area (Å²) >= 11 is 0. The SMILES string of the molecule is O=C(CNC(=O)c1cc(F)cc(F)c1)NCCOc1ccc2c(c1)OCO2. The van der Waals surface area contributed by atoms with Crippen molar-refractivity contribution >= 4 is 11.8 Å². The molecule has 1 aliphatic rings. The first-order chi connectivity index (χ1) is 13.0. The van der Waals surface area contributed by atoms with E-state index in [1.807, 2.05) is 0 Å². The number of hydrogen-bond acceptors (Lipinski definition) is 5. The van der Waals surface area contributed by atoms with E-state index in [1.54, 1.807) is 18.2 Å². The lowest BCUT2D eigenvalue weighted by molar-refractivity contribution is -0.120. The van der Waals surface area contributed by atoms with Crippen molar-refractivity contribution in [1.29, 1.82) is 0 Å². The van der Waals surface area contributed by atoms with Gasteiger partial charge in [-0.2, -0.15) is 0 Å². The van der Waals surface area contributed by atoms with E-state index in [0.717, 1.165) is 12.1 Å². The fourth-order valence-corrected chi connectivity index (χ4v) is 2.34. The number of halogens is 2. The molecule has 2 aromatic rings.